The van der Waals surface area contributed by atoms with Gasteiger partial charge >= 0.3 is 0 Å². The molecule has 2 aromatic carbocycles. The van der Waals surface area contributed by atoms with Crippen molar-refractivity contribution >= 4 is 45.4 Å². The Morgan fingerprint density at radius 3 is 2.16 bits per heavy atom. The molecule has 0 aliphatic rings. The normalized spacial score (nSPS) is 10.0. The monoisotopic (exact) mass is 288 g/mol. The Morgan fingerprint density at radius 1 is 1.00 bits per heavy atom. The van der Waals surface area contributed by atoms with Gasteiger partial charge in [-0.05, 0) is 42.7 Å². The first kappa shape index (κ1) is 13.9. The molecule has 0 radical (unpaired) electrons. The zero-order valence-electron chi connectivity index (χ0n) is 11.0. The van der Waals surface area contributed by atoms with E-state index in [9.17, 15) is 0 Å². The zero-order valence-corrected chi connectivity index (χ0v) is 12.6. The summed E-state index contributed by atoms with van der Waals surface area (Å²) >= 11 is 6.85. The van der Waals surface area contributed by atoms with Crippen molar-refractivity contribution in [1.82, 2.24) is 0 Å². The number of rotatable bonds is 3. The summed E-state index contributed by atoms with van der Waals surface area (Å²) in [5.41, 5.74) is 3.25. The summed E-state index contributed by atoms with van der Waals surface area (Å²) in [6, 6.07) is 18.4. The molecule has 0 atom stereocenters. The number of anilines is 3. The number of thioether (sulfide) groups is 1. The number of para-hydroxylation sites is 1. The highest BCUT2D eigenvalue weighted by Crippen LogP contribution is 2.22. The Hall–Kier alpha value is -1.52. The lowest BCUT2D eigenvalue weighted by Crippen LogP contribution is -2.20. The molecular formula is C15H16N2S2. The Bertz CT molecular complexity index is 538. The lowest BCUT2D eigenvalue weighted by Gasteiger charge is -2.18. The van der Waals surface area contributed by atoms with Gasteiger partial charge in [-0.2, -0.15) is 0 Å². The van der Waals surface area contributed by atoms with Crippen molar-refractivity contribution in [3.8, 4) is 0 Å². The quantitative estimate of drug-likeness (QED) is 0.835. The molecule has 0 heterocycles. The van der Waals surface area contributed by atoms with Crippen molar-refractivity contribution in [2.75, 3.05) is 23.5 Å². The van der Waals surface area contributed by atoms with E-state index in [1.54, 1.807) is 11.8 Å². The molecule has 19 heavy (non-hydrogen) atoms. The summed E-state index contributed by atoms with van der Waals surface area (Å²) < 4.78 is 0.865. The van der Waals surface area contributed by atoms with E-state index in [4.69, 9.17) is 12.2 Å². The zero-order chi connectivity index (χ0) is 13.7. The third kappa shape index (κ3) is 3.72. The first-order valence-electron chi connectivity index (χ1n) is 5.94. The molecule has 0 bridgehead atoms. The van der Waals surface area contributed by atoms with Crippen molar-refractivity contribution in [3.63, 3.8) is 0 Å². The number of nitrogens with one attached hydrogen (secondary N) is 1. The highest BCUT2D eigenvalue weighted by Gasteiger charge is 2.05. The lowest BCUT2D eigenvalue weighted by atomic mass is 10.2. The maximum atomic E-state index is 5.27. The maximum absolute atomic E-state index is 5.27. The molecule has 0 saturated heterocycles. The second-order valence-corrected chi connectivity index (χ2v) is 5.51. The Kier molecular flexibility index (Phi) is 4.82. The maximum Gasteiger partial charge on any atom is 0.140 e. The van der Waals surface area contributed by atoms with E-state index in [1.165, 1.54) is 0 Å². The Morgan fingerprint density at radius 2 is 1.58 bits per heavy atom. The predicted molar refractivity (Wildman–Crippen MR) is 90.7 cm³/mol. The first-order valence-corrected chi connectivity index (χ1v) is 7.58. The first-order chi connectivity index (χ1) is 9.20. The van der Waals surface area contributed by atoms with Gasteiger partial charge in [0.15, 0.2) is 0 Å². The van der Waals surface area contributed by atoms with Crippen molar-refractivity contribution in [2.24, 2.45) is 0 Å². The smallest absolute Gasteiger partial charge is 0.140 e. The standard InChI is InChI=1S/C15H16N2S2/c1-17(15(18)19-2)14-10-8-13(9-11-14)16-12-6-4-3-5-7-12/h3-11,16H,1-2H3. The van der Waals surface area contributed by atoms with Gasteiger partial charge in [-0.25, -0.2) is 0 Å². The summed E-state index contributed by atoms with van der Waals surface area (Å²) in [7, 11) is 1.98. The van der Waals surface area contributed by atoms with E-state index < -0.39 is 0 Å². The van der Waals surface area contributed by atoms with Crippen LogP contribution < -0.4 is 10.2 Å². The minimum Gasteiger partial charge on any atom is -0.356 e. The highest BCUT2D eigenvalue weighted by atomic mass is 32.2. The van der Waals surface area contributed by atoms with Gasteiger partial charge in [0.05, 0.1) is 0 Å². The molecule has 4 heteroatoms. The molecule has 1 N–H and O–H groups in total. The van der Waals surface area contributed by atoms with Crippen molar-refractivity contribution in [2.45, 2.75) is 0 Å². The number of nitrogens with zero attached hydrogens (tertiary/aromatic N) is 1. The molecule has 0 aromatic heterocycles. The largest absolute Gasteiger partial charge is 0.356 e. The molecular weight excluding hydrogens is 272 g/mol. The van der Waals surface area contributed by atoms with E-state index in [-0.39, 0.29) is 0 Å². The third-order valence-corrected chi connectivity index (χ3v) is 4.16. The van der Waals surface area contributed by atoms with Gasteiger partial charge in [0.2, 0.25) is 0 Å². The van der Waals surface area contributed by atoms with Crippen LogP contribution in [0.3, 0.4) is 0 Å². The topological polar surface area (TPSA) is 15.3 Å². The summed E-state index contributed by atoms with van der Waals surface area (Å²) in [5.74, 6) is 0. The highest BCUT2D eigenvalue weighted by molar-refractivity contribution is 8.22. The summed E-state index contributed by atoms with van der Waals surface area (Å²) in [5, 5.41) is 3.36. The minimum atomic E-state index is 0.865. The van der Waals surface area contributed by atoms with Crippen LogP contribution in [0, 0.1) is 0 Å². The van der Waals surface area contributed by atoms with E-state index in [2.05, 4.69) is 29.6 Å². The van der Waals surface area contributed by atoms with Gasteiger partial charge in [0.1, 0.15) is 4.32 Å². The van der Waals surface area contributed by atoms with Crippen LogP contribution in [0.25, 0.3) is 0 Å². The van der Waals surface area contributed by atoms with Crippen LogP contribution in [0.2, 0.25) is 0 Å². The fraction of sp³-hybridized carbons (Fsp3) is 0.133. The van der Waals surface area contributed by atoms with Crippen molar-refractivity contribution in [3.05, 3.63) is 54.6 Å². The SMILES string of the molecule is CSC(=S)N(C)c1ccc(Nc2ccccc2)cc1. The van der Waals surface area contributed by atoms with Crippen LogP contribution in [0.1, 0.15) is 0 Å². The molecule has 2 rings (SSSR count). The van der Waals surface area contributed by atoms with Crippen LogP contribution in [0.4, 0.5) is 17.1 Å². The van der Waals surface area contributed by atoms with Crippen LogP contribution >= 0.6 is 24.0 Å². The number of benzene rings is 2. The van der Waals surface area contributed by atoms with Gasteiger partial charge < -0.3 is 10.2 Å². The molecule has 0 fully saturated rings. The fourth-order valence-electron chi connectivity index (χ4n) is 1.70. The van der Waals surface area contributed by atoms with Gasteiger partial charge in [-0.15, -0.1) is 11.8 Å². The third-order valence-electron chi connectivity index (χ3n) is 2.77. The lowest BCUT2D eigenvalue weighted by molar-refractivity contribution is 1.31. The van der Waals surface area contributed by atoms with Crippen LogP contribution in [0.15, 0.2) is 54.6 Å². The second kappa shape index (κ2) is 6.59. The molecule has 0 unspecified atom stereocenters. The second-order valence-electron chi connectivity index (χ2n) is 4.07. The Balaban J connectivity index is 2.08. The average molecular weight is 288 g/mol. The van der Waals surface area contributed by atoms with Gasteiger partial charge in [-0.1, -0.05) is 30.4 Å². The fourth-order valence-corrected chi connectivity index (χ4v) is 2.18. The summed E-state index contributed by atoms with van der Waals surface area (Å²) in [4.78, 5) is 2.01. The van der Waals surface area contributed by atoms with Gasteiger partial charge in [0.25, 0.3) is 0 Å². The molecule has 2 nitrogen and oxygen atoms in total. The Labute approximate surface area is 123 Å². The van der Waals surface area contributed by atoms with E-state index >= 15 is 0 Å². The molecule has 0 aliphatic heterocycles. The minimum absolute atomic E-state index is 0.865. The molecule has 0 saturated carbocycles. The van der Waals surface area contributed by atoms with Gasteiger partial charge in [-0.3, -0.25) is 0 Å². The van der Waals surface area contributed by atoms with Gasteiger partial charge in [0, 0.05) is 24.1 Å². The van der Waals surface area contributed by atoms with Crippen LogP contribution in [-0.4, -0.2) is 17.6 Å². The average Bonchev–Trinajstić information content (AvgIpc) is 2.47. The summed E-state index contributed by atoms with van der Waals surface area (Å²) in [6.45, 7) is 0. The predicted octanol–water partition coefficient (Wildman–Crippen LogP) is 4.51. The molecule has 0 spiro atoms. The van der Waals surface area contributed by atoms with Crippen LogP contribution in [-0.2, 0) is 0 Å². The van der Waals surface area contributed by atoms with E-state index in [0.29, 0.717) is 0 Å². The van der Waals surface area contributed by atoms with E-state index in [1.807, 2.05) is 48.5 Å². The molecule has 2 aromatic rings. The van der Waals surface area contributed by atoms with Crippen molar-refractivity contribution < 1.29 is 0 Å². The van der Waals surface area contributed by atoms with Crippen LogP contribution in [0.5, 0.6) is 0 Å². The number of hydrogen-bond acceptors (Lipinski definition) is 3. The molecule has 0 amide bonds. The molecule has 98 valence electrons. The number of thiocarbonyl (C=S) groups is 1. The molecule has 0 aliphatic carbocycles. The summed E-state index contributed by atoms with van der Waals surface area (Å²) in [6.07, 6.45) is 1.99. The van der Waals surface area contributed by atoms with Crippen molar-refractivity contribution in [1.29, 1.82) is 0 Å². The number of hydrogen-bond donors (Lipinski definition) is 1. The van der Waals surface area contributed by atoms with E-state index in [0.717, 1.165) is 21.4 Å².